The van der Waals surface area contributed by atoms with E-state index in [-0.39, 0.29) is 24.5 Å². The van der Waals surface area contributed by atoms with Gasteiger partial charge in [0.15, 0.2) is 11.5 Å². The molecule has 4 rings (SSSR count). The van der Waals surface area contributed by atoms with E-state index in [1.807, 2.05) is 12.1 Å². The van der Waals surface area contributed by atoms with E-state index in [0.717, 1.165) is 42.9 Å². The van der Waals surface area contributed by atoms with Crippen molar-refractivity contribution in [2.24, 2.45) is 0 Å². The first-order valence-corrected chi connectivity index (χ1v) is 8.94. The molecule has 1 aromatic carbocycles. The van der Waals surface area contributed by atoms with Crippen molar-refractivity contribution in [1.82, 2.24) is 15.1 Å². The molecule has 2 saturated heterocycles. The minimum absolute atomic E-state index is 0.128. The highest BCUT2D eigenvalue weighted by molar-refractivity contribution is 5.96. The van der Waals surface area contributed by atoms with Gasteiger partial charge in [-0.05, 0) is 37.1 Å². The standard InChI is InChI=1S/C18H23N3O4/c22-17(21-8-6-19-18(21)23)12-20-7-1-3-14(20)13-4-5-15-16(11-13)25-10-2-9-24-15/h4-5,11,14H,1-3,6-10,12H2,(H,19,23)/t14-/m0/s1. The second-order valence-electron chi connectivity index (χ2n) is 6.66. The van der Waals surface area contributed by atoms with E-state index in [1.54, 1.807) is 0 Å². The first kappa shape index (κ1) is 16.2. The van der Waals surface area contributed by atoms with E-state index in [2.05, 4.69) is 16.3 Å². The van der Waals surface area contributed by atoms with Gasteiger partial charge in [-0.2, -0.15) is 0 Å². The third-order valence-corrected chi connectivity index (χ3v) is 5.02. The molecular formula is C18H23N3O4. The van der Waals surface area contributed by atoms with Crippen LogP contribution < -0.4 is 14.8 Å². The van der Waals surface area contributed by atoms with Crippen LogP contribution in [0.25, 0.3) is 0 Å². The van der Waals surface area contributed by atoms with Gasteiger partial charge in [0.05, 0.1) is 19.8 Å². The number of benzene rings is 1. The van der Waals surface area contributed by atoms with Gasteiger partial charge in [0, 0.05) is 25.6 Å². The monoisotopic (exact) mass is 345 g/mol. The van der Waals surface area contributed by atoms with E-state index < -0.39 is 0 Å². The van der Waals surface area contributed by atoms with Crippen LogP contribution in [0.4, 0.5) is 4.79 Å². The number of carbonyl (C=O) groups excluding carboxylic acids is 2. The number of urea groups is 1. The van der Waals surface area contributed by atoms with E-state index in [1.165, 1.54) is 4.90 Å². The molecule has 3 amide bonds. The summed E-state index contributed by atoms with van der Waals surface area (Å²) in [6.07, 6.45) is 2.92. The van der Waals surface area contributed by atoms with Gasteiger partial charge in [0.2, 0.25) is 5.91 Å². The number of nitrogens with one attached hydrogen (secondary N) is 1. The molecule has 0 unspecified atom stereocenters. The molecular weight excluding hydrogens is 322 g/mol. The van der Waals surface area contributed by atoms with E-state index in [0.29, 0.717) is 26.3 Å². The summed E-state index contributed by atoms with van der Waals surface area (Å²) in [5.74, 6) is 1.44. The van der Waals surface area contributed by atoms with Crippen molar-refractivity contribution < 1.29 is 19.1 Å². The Morgan fingerprint density at radius 1 is 1.16 bits per heavy atom. The highest BCUT2D eigenvalue weighted by atomic mass is 16.5. The lowest BCUT2D eigenvalue weighted by Crippen LogP contribution is -2.41. The zero-order valence-electron chi connectivity index (χ0n) is 14.2. The van der Waals surface area contributed by atoms with Crippen molar-refractivity contribution in [2.45, 2.75) is 25.3 Å². The molecule has 25 heavy (non-hydrogen) atoms. The number of fused-ring (bicyclic) bond motifs is 1. The van der Waals surface area contributed by atoms with E-state index in [4.69, 9.17) is 9.47 Å². The Kier molecular flexibility index (Phi) is 4.48. The van der Waals surface area contributed by atoms with Crippen LogP contribution >= 0.6 is 0 Å². The van der Waals surface area contributed by atoms with Crippen LogP contribution in [0.3, 0.4) is 0 Å². The molecule has 0 aliphatic carbocycles. The molecule has 1 atom stereocenters. The molecule has 1 N–H and O–H groups in total. The van der Waals surface area contributed by atoms with Crippen LogP contribution in [0.1, 0.15) is 30.9 Å². The Bertz CT molecular complexity index is 678. The lowest BCUT2D eigenvalue weighted by molar-refractivity contribution is -0.129. The molecule has 7 heteroatoms. The number of likely N-dealkylation sites (tertiary alicyclic amines) is 1. The Hall–Kier alpha value is -2.28. The molecule has 2 fully saturated rings. The quantitative estimate of drug-likeness (QED) is 0.900. The lowest BCUT2D eigenvalue weighted by Gasteiger charge is -2.26. The summed E-state index contributed by atoms with van der Waals surface area (Å²) >= 11 is 0. The van der Waals surface area contributed by atoms with E-state index >= 15 is 0 Å². The van der Waals surface area contributed by atoms with Crippen molar-refractivity contribution >= 4 is 11.9 Å². The maximum atomic E-state index is 12.4. The number of amides is 3. The second-order valence-corrected chi connectivity index (χ2v) is 6.66. The summed E-state index contributed by atoms with van der Waals surface area (Å²) in [6.45, 7) is 3.46. The van der Waals surface area contributed by atoms with Crippen molar-refractivity contribution in [3.8, 4) is 11.5 Å². The normalized spacial score (nSPS) is 23.4. The fourth-order valence-corrected chi connectivity index (χ4v) is 3.75. The van der Waals surface area contributed by atoms with Gasteiger partial charge >= 0.3 is 6.03 Å². The van der Waals surface area contributed by atoms with Crippen LogP contribution in [0.5, 0.6) is 11.5 Å². The van der Waals surface area contributed by atoms with Crippen LogP contribution in [0.15, 0.2) is 18.2 Å². The molecule has 0 saturated carbocycles. The average Bonchev–Trinajstić information content (AvgIpc) is 3.17. The van der Waals surface area contributed by atoms with Gasteiger partial charge in [-0.25, -0.2) is 4.79 Å². The number of ether oxygens (including phenoxy) is 2. The summed E-state index contributed by atoms with van der Waals surface area (Å²) < 4.78 is 11.5. The number of hydrogen-bond acceptors (Lipinski definition) is 5. The predicted octanol–water partition coefficient (Wildman–Crippen LogP) is 1.54. The molecule has 0 bridgehead atoms. The first-order chi connectivity index (χ1) is 12.2. The first-order valence-electron chi connectivity index (χ1n) is 8.94. The topological polar surface area (TPSA) is 71.1 Å². The van der Waals surface area contributed by atoms with Gasteiger partial charge in [-0.15, -0.1) is 0 Å². The summed E-state index contributed by atoms with van der Waals surface area (Å²) in [7, 11) is 0. The van der Waals surface area contributed by atoms with Gasteiger partial charge in [-0.3, -0.25) is 14.6 Å². The Morgan fingerprint density at radius 3 is 2.80 bits per heavy atom. The highest BCUT2D eigenvalue weighted by Crippen LogP contribution is 2.37. The third-order valence-electron chi connectivity index (χ3n) is 5.02. The molecule has 7 nitrogen and oxygen atoms in total. The van der Waals surface area contributed by atoms with Gasteiger partial charge in [0.1, 0.15) is 0 Å². The molecule has 1 aromatic rings. The van der Waals surface area contributed by atoms with E-state index in [9.17, 15) is 9.59 Å². The molecule has 134 valence electrons. The number of rotatable bonds is 3. The molecule has 3 heterocycles. The van der Waals surface area contributed by atoms with Crippen LogP contribution in [0, 0.1) is 0 Å². The minimum atomic E-state index is -0.281. The summed E-state index contributed by atoms with van der Waals surface area (Å²) in [5, 5.41) is 2.68. The largest absolute Gasteiger partial charge is 0.490 e. The number of imide groups is 1. The van der Waals surface area contributed by atoms with Gasteiger partial charge < -0.3 is 14.8 Å². The SMILES string of the molecule is O=C(CN1CCC[C@H]1c1ccc2c(c1)OCCCO2)N1CCNC1=O. The maximum Gasteiger partial charge on any atom is 0.324 e. The summed E-state index contributed by atoms with van der Waals surface area (Å²) in [4.78, 5) is 27.6. The molecule has 3 aliphatic rings. The van der Waals surface area contributed by atoms with Crippen LogP contribution in [0.2, 0.25) is 0 Å². The van der Waals surface area contributed by atoms with Gasteiger partial charge in [0.25, 0.3) is 0 Å². The third kappa shape index (κ3) is 3.28. The van der Waals surface area contributed by atoms with Crippen LogP contribution in [-0.4, -0.2) is 61.1 Å². The van der Waals surface area contributed by atoms with Crippen molar-refractivity contribution in [1.29, 1.82) is 0 Å². The Morgan fingerprint density at radius 2 is 2.00 bits per heavy atom. The summed E-state index contributed by atoms with van der Waals surface area (Å²) in [5.41, 5.74) is 1.14. The maximum absolute atomic E-state index is 12.4. The number of carbonyl (C=O) groups is 2. The Labute approximate surface area is 146 Å². The lowest BCUT2D eigenvalue weighted by atomic mass is 10.0. The zero-order chi connectivity index (χ0) is 17.2. The number of nitrogens with zero attached hydrogens (tertiary/aromatic N) is 2. The second kappa shape index (κ2) is 6.92. The fourth-order valence-electron chi connectivity index (χ4n) is 3.75. The summed E-state index contributed by atoms with van der Waals surface area (Å²) in [6, 6.07) is 5.95. The molecule has 0 aromatic heterocycles. The van der Waals surface area contributed by atoms with Crippen LogP contribution in [-0.2, 0) is 4.79 Å². The average molecular weight is 345 g/mol. The number of hydrogen-bond donors (Lipinski definition) is 1. The van der Waals surface area contributed by atoms with Gasteiger partial charge in [-0.1, -0.05) is 6.07 Å². The predicted molar refractivity (Wildman–Crippen MR) is 90.7 cm³/mol. The molecule has 0 spiro atoms. The molecule has 3 aliphatic heterocycles. The Balaban J connectivity index is 1.48. The van der Waals surface area contributed by atoms with Crippen molar-refractivity contribution in [3.05, 3.63) is 23.8 Å². The van der Waals surface area contributed by atoms with Crippen molar-refractivity contribution in [2.75, 3.05) is 39.4 Å². The highest BCUT2D eigenvalue weighted by Gasteiger charge is 2.32. The molecule has 0 radical (unpaired) electrons. The smallest absolute Gasteiger partial charge is 0.324 e. The zero-order valence-corrected chi connectivity index (χ0v) is 14.2. The fraction of sp³-hybridized carbons (Fsp3) is 0.556. The van der Waals surface area contributed by atoms with Crippen molar-refractivity contribution in [3.63, 3.8) is 0 Å². The minimum Gasteiger partial charge on any atom is -0.490 e.